The fourth-order valence-corrected chi connectivity index (χ4v) is 4.39. The molecule has 2 aromatic carbocycles. The molecule has 1 aromatic heterocycles. The van der Waals surface area contributed by atoms with Crippen molar-refractivity contribution in [3.8, 4) is 11.5 Å². The van der Waals surface area contributed by atoms with Gasteiger partial charge in [-0.1, -0.05) is 0 Å². The number of hydrogen-bond donors (Lipinski definition) is 2. The first-order valence-corrected chi connectivity index (χ1v) is 11.7. The number of nitrogens with one attached hydrogen (secondary N) is 1. The maximum absolute atomic E-state index is 12.1. The van der Waals surface area contributed by atoms with E-state index in [2.05, 4.69) is 16.0 Å². The summed E-state index contributed by atoms with van der Waals surface area (Å²) in [4.78, 5) is 20.8. The lowest BCUT2D eigenvalue weighted by atomic mass is 10.1. The van der Waals surface area contributed by atoms with Gasteiger partial charge in [0, 0.05) is 90.8 Å². The van der Waals surface area contributed by atoms with Crippen molar-refractivity contribution in [1.29, 1.82) is 5.41 Å². The molecule has 0 unspecified atom stereocenters. The Morgan fingerprint density at radius 3 is 2.54 bits per heavy atom. The van der Waals surface area contributed by atoms with Crippen molar-refractivity contribution in [2.45, 2.75) is 19.3 Å². The number of rotatable bonds is 10. The zero-order valence-electron chi connectivity index (χ0n) is 20.2. The summed E-state index contributed by atoms with van der Waals surface area (Å²) in [6.07, 6.45) is 6.75. The molecule has 0 spiro atoms. The first-order valence-electron chi connectivity index (χ1n) is 11.7. The highest BCUT2D eigenvalue weighted by molar-refractivity contribution is 6.09. The molecular weight excluding hydrogens is 442 g/mol. The van der Waals surface area contributed by atoms with Gasteiger partial charge in [0.25, 0.3) is 0 Å². The van der Waals surface area contributed by atoms with Crippen LogP contribution in [-0.4, -0.2) is 55.9 Å². The molecule has 0 aliphatic carbocycles. The van der Waals surface area contributed by atoms with E-state index in [1.54, 1.807) is 20.4 Å². The van der Waals surface area contributed by atoms with Crippen LogP contribution in [0.5, 0.6) is 11.5 Å². The van der Waals surface area contributed by atoms with Gasteiger partial charge in [0.2, 0.25) is 5.91 Å². The number of aromatic nitrogens is 1. The highest BCUT2D eigenvalue weighted by Crippen LogP contribution is 2.34. The fraction of sp³-hybridized carbons (Fsp3) is 0.296. The van der Waals surface area contributed by atoms with E-state index in [4.69, 9.17) is 20.6 Å². The summed E-state index contributed by atoms with van der Waals surface area (Å²) < 4.78 is 11.0. The van der Waals surface area contributed by atoms with E-state index in [-0.39, 0.29) is 5.91 Å². The minimum atomic E-state index is 0.235. The molecule has 182 valence electrons. The number of ether oxygens (including phenoxy) is 2. The quantitative estimate of drug-likeness (QED) is 0.424. The van der Waals surface area contributed by atoms with Crippen molar-refractivity contribution < 1.29 is 14.3 Å². The molecular formula is C27H31N5O3. The number of pyridine rings is 1. The molecule has 1 amide bonds. The number of fused-ring (bicyclic) bond motifs is 1. The maximum atomic E-state index is 12.1. The summed E-state index contributed by atoms with van der Waals surface area (Å²) in [6, 6.07) is 13.9. The van der Waals surface area contributed by atoms with E-state index in [1.165, 1.54) is 12.4 Å². The highest BCUT2D eigenvalue weighted by Gasteiger charge is 2.20. The van der Waals surface area contributed by atoms with Gasteiger partial charge in [-0.05, 0) is 37.1 Å². The van der Waals surface area contributed by atoms with Crippen molar-refractivity contribution in [1.82, 2.24) is 9.88 Å². The van der Waals surface area contributed by atoms with Gasteiger partial charge < -0.3 is 30.4 Å². The van der Waals surface area contributed by atoms with Crippen LogP contribution in [-0.2, 0) is 4.79 Å². The van der Waals surface area contributed by atoms with Crippen LogP contribution in [0.3, 0.4) is 0 Å². The Morgan fingerprint density at radius 1 is 1.14 bits per heavy atom. The number of amides is 1. The topological polar surface area (TPSA) is 105 Å². The monoisotopic (exact) mass is 473 g/mol. The third-order valence-electron chi connectivity index (χ3n) is 6.27. The fourth-order valence-electron chi connectivity index (χ4n) is 4.39. The van der Waals surface area contributed by atoms with E-state index in [0.29, 0.717) is 30.0 Å². The van der Waals surface area contributed by atoms with Crippen molar-refractivity contribution in [3.05, 3.63) is 60.4 Å². The Balaban J connectivity index is 1.71. The lowest BCUT2D eigenvalue weighted by Crippen LogP contribution is -2.29. The van der Waals surface area contributed by atoms with E-state index < -0.39 is 0 Å². The minimum absolute atomic E-state index is 0.235. The predicted octanol–water partition coefficient (Wildman–Crippen LogP) is 4.35. The minimum Gasteiger partial charge on any atom is -0.497 e. The average Bonchev–Trinajstić information content (AvgIpc) is 3.30. The third kappa shape index (κ3) is 5.37. The summed E-state index contributed by atoms with van der Waals surface area (Å²) in [6.45, 7) is 2.26. The Hall–Kier alpha value is -4.07. The second kappa shape index (κ2) is 10.9. The summed E-state index contributed by atoms with van der Waals surface area (Å²) in [5.74, 6) is 1.64. The molecule has 0 atom stereocenters. The van der Waals surface area contributed by atoms with Gasteiger partial charge in [-0.3, -0.25) is 9.78 Å². The lowest BCUT2D eigenvalue weighted by molar-refractivity contribution is -0.127. The van der Waals surface area contributed by atoms with Crippen LogP contribution in [0, 0.1) is 5.41 Å². The van der Waals surface area contributed by atoms with Crippen molar-refractivity contribution >= 4 is 40.0 Å². The van der Waals surface area contributed by atoms with E-state index >= 15 is 0 Å². The van der Waals surface area contributed by atoms with Crippen LogP contribution in [0.1, 0.15) is 24.8 Å². The Bertz CT molecular complexity index is 1230. The number of carbonyl (C=O) groups excluding carboxylic acids is 1. The second-order valence-corrected chi connectivity index (χ2v) is 8.43. The molecule has 0 radical (unpaired) electrons. The molecule has 1 aliphatic rings. The largest absolute Gasteiger partial charge is 0.497 e. The average molecular weight is 474 g/mol. The number of allylic oxidation sites excluding steroid dienone is 1. The summed E-state index contributed by atoms with van der Waals surface area (Å²) in [5.41, 5.74) is 9.84. The summed E-state index contributed by atoms with van der Waals surface area (Å²) >= 11 is 0. The standard InChI is InChI=1S/C27H31N5O3/c1-34-24-13-23(14-25(15-24)35-2)32(10-4-9-31-8-3-5-27(31)33)22-6-7-26-19(12-22)11-20(18-30-26)21(16-28)17-29/h6-7,11-18,28H,3-5,8-10,29H2,1-2H3/b21-17+,28-16?. The van der Waals surface area contributed by atoms with Crippen LogP contribution in [0.2, 0.25) is 0 Å². The van der Waals surface area contributed by atoms with Gasteiger partial charge in [-0.2, -0.15) is 0 Å². The molecule has 0 bridgehead atoms. The first-order chi connectivity index (χ1) is 17.1. The van der Waals surface area contributed by atoms with Gasteiger partial charge in [0.1, 0.15) is 11.5 Å². The summed E-state index contributed by atoms with van der Waals surface area (Å²) in [7, 11) is 3.27. The number of benzene rings is 2. The van der Waals surface area contributed by atoms with Gasteiger partial charge >= 0.3 is 0 Å². The maximum Gasteiger partial charge on any atom is 0.222 e. The number of nitrogens with two attached hydrogens (primary N) is 1. The molecule has 3 N–H and O–H groups in total. The summed E-state index contributed by atoms with van der Waals surface area (Å²) in [5, 5.41) is 8.55. The van der Waals surface area contributed by atoms with Crippen LogP contribution < -0.4 is 20.1 Å². The number of likely N-dealkylation sites (tertiary alicyclic amines) is 1. The Kier molecular flexibility index (Phi) is 7.50. The predicted molar refractivity (Wildman–Crippen MR) is 140 cm³/mol. The number of nitrogens with zero attached hydrogens (tertiary/aromatic N) is 3. The number of carbonyl (C=O) groups is 1. The van der Waals surface area contributed by atoms with E-state index in [1.807, 2.05) is 41.3 Å². The Labute approximate surface area is 205 Å². The van der Waals surface area contributed by atoms with Crippen LogP contribution in [0.15, 0.2) is 54.9 Å². The van der Waals surface area contributed by atoms with Gasteiger partial charge in [-0.15, -0.1) is 0 Å². The van der Waals surface area contributed by atoms with Crippen LogP contribution >= 0.6 is 0 Å². The third-order valence-corrected chi connectivity index (χ3v) is 6.27. The molecule has 35 heavy (non-hydrogen) atoms. The molecule has 4 rings (SSSR count). The first kappa shape index (κ1) is 24.1. The molecule has 1 saturated heterocycles. The van der Waals surface area contributed by atoms with Crippen molar-refractivity contribution in [2.24, 2.45) is 5.73 Å². The second-order valence-electron chi connectivity index (χ2n) is 8.43. The number of methoxy groups -OCH3 is 2. The van der Waals surface area contributed by atoms with Crippen LogP contribution in [0.25, 0.3) is 16.5 Å². The molecule has 3 aromatic rings. The number of hydrogen-bond acceptors (Lipinski definition) is 7. The SMILES string of the molecule is COc1cc(OC)cc(N(CCCN2CCCC2=O)c2ccc3ncc(/C(C=N)=C/N)cc3c2)c1. The zero-order valence-corrected chi connectivity index (χ0v) is 20.2. The molecule has 8 nitrogen and oxygen atoms in total. The van der Waals surface area contributed by atoms with Gasteiger partial charge in [0.05, 0.1) is 19.7 Å². The highest BCUT2D eigenvalue weighted by atomic mass is 16.5. The van der Waals surface area contributed by atoms with Crippen molar-refractivity contribution in [3.63, 3.8) is 0 Å². The van der Waals surface area contributed by atoms with Gasteiger partial charge in [-0.25, -0.2) is 0 Å². The lowest BCUT2D eigenvalue weighted by Gasteiger charge is -2.27. The van der Waals surface area contributed by atoms with Crippen LogP contribution in [0.4, 0.5) is 11.4 Å². The zero-order chi connectivity index (χ0) is 24.8. The molecule has 1 fully saturated rings. The van der Waals surface area contributed by atoms with Crippen molar-refractivity contribution in [2.75, 3.05) is 38.8 Å². The number of anilines is 2. The smallest absolute Gasteiger partial charge is 0.222 e. The molecule has 0 saturated carbocycles. The molecule has 1 aliphatic heterocycles. The van der Waals surface area contributed by atoms with E-state index in [9.17, 15) is 4.79 Å². The molecule has 8 heteroatoms. The molecule has 2 heterocycles. The van der Waals surface area contributed by atoms with E-state index in [0.717, 1.165) is 53.8 Å². The normalized spacial score (nSPS) is 13.8. The van der Waals surface area contributed by atoms with Gasteiger partial charge in [0.15, 0.2) is 0 Å². The Morgan fingerprint density at radius 2 is 1.91 bits per heavy atom.